The first-order valence-corrected chi connectivity index (χ1v) is 3.23. The fourth-order valence-corrected chi connectivity index (χ4v) is 0.769. The Bertz CT molecular complexity index is 86.9. The van der Waals surface area contributed by atoms with Crippen molar-refractivity contribution in [1.29, 1.82) is 0 Å². The van der Waals surface area contributed by atoms with E-state index in [1.807, 2.05) is 0 Å². The van der Waals surface area contributed by atoms with Gasteiger partial charge in [-0.1, -0.05) is 6.58 Å². The Kier molecular flexibility index (Phi) is 2.58. The molecule has 0 spiro atoms. The van der Waals surface area contributed by atoms with Crippen molar-refractivity contribution in [3.05, 3.63) is 12.8 Å². The Balaban J connectivity index is 1.85. The average molecular weight is 128 g/mol. The second-order valence-corrected chi connectivity index (χ2v) is 2.23. The van der Waals surface area contributed by atoms with Gasteiger partial charge in [0.25, 0.3) is 0 Å². The van der Waals surface area contributed by atoms with Gasteiger partial charge >= 0.3 is 0 Å². The Morgan fingerprint density at radius 1 is 1.67 bits per heavy atom. The minimum absolute atomic E-state index is 0.741. The summed E-state index contributed by atoms with van der Waals surface area (Å²) in [7, 11) is 0. The minimum Gasteiger partial charge on any atom is -0.502 e. The van der Waals surface area contributed by atoms with Crippen LogP contribution >= 0.6 is 0 Å². The van der Waals surface area contributed by atoms with Crippen molar-refractivity contribution < 1.29 is 9.47 Å². The lowest BCUT2D eigenvalue weighted by Crippen LogP contribution is -2.28. The van der Waals surface area contributed by atoms with Gasteiger partial charge < -0.3 is 9.47 Å². The Morgan fingerprint density at radius 2 is 2.44 bits per heavy atom. The van der Waals surface area contributed by atoms with Crippen LogP contribution in [0.3, 0.4) is 0 Å². The molecular weight excluding hydrogens is 116 g/mol. The highest BCUT2D eigenvalue weighted by Crippen LogP contribution is 2.13. The molecule has 0 aliphatic carbocycles. The summed E-state index contributed by atoms with van der Waals surface area (Å²) in [6.45, 7) is 6.07. The third-order valence-electron chi connectivity index (χ3n) is 1.47. The van der Waals surface area contributed by atoms with Crippen molar-refractivity contribution in [2.24, 2.45) is 5.92 Å². The summed E-state index contributed by atoms with van der Waals surface area (Å²) >= 11 is 0. The molecule has 0 radical (unpaired) electrons. The largest absolute Gasteiger partial charge is 0.502 e. The van der Waals surface area contributed by atoms with Crippen LogP contribution in [0.4, 0.5) is 0 Å². The van der Waals surface area contributed by atoms with E-state index >= 15 is 0 Å². The maximum atomic E-state index is 4.98. The Morgan fingerprint density at radius 3 is 2.89 bits per heavy atom. The second-order valence-electron chi connectivity index (χ2n) is 2.23. The van der Waals surface area contributed by atoms with E-state index in [1.165, 1.54) is 6.26 Å². The molecule has 0 aromatic carbocycles. The van der Waals surface area contributed by atoms with E-state index in [-0.39, 0.29) is 0 Å². The average Bonchev–Trinajstić information content (AvgIpc) is 1.76. The van der Waals surface area contributed by atoms with Gasteiger partial charge in [-0.25, -0.2) is 0 Å². The molecule has 0 atom stereocenters. The lowest BCUT2D eigenvalue weighted by atomic mass is 10.1. The van der Waals surface area contributed by atoms with Crippen molar-refractivity contribution in [2.75, 3.05) is 19.8 Å². The summed E-state index contributed by atoms with van der Waals surface area (Å²) in [6, 6.07) is 0. The van der Waals surface area contributed by atoms with Gasteiger partial charge in [0.05, 0.1) is 26.1 Å². The molecule has 52 valence electrons. The lowest BCUT2D eigenvalue weighted by Gasteiger charge is -2.25. The lowest BCUT2D eigenvalue weighted by molar-refractivity contribution is -0.0420. The zero-order chi connectivity index (χ0) is 6.53. The molecule has 0 N–H and O–H groups in total. The maximum absolute atomic E-state index is 4.98. The van der Waals surface area contributed by atoms with E-state index < -0.39 is 0 Å². The highest BCUT2D eigenvalue weighted by molar-refractivity contribution is 4.65. The van der Waals surface area contributed by atoms with Gasteiger partial charge in [-0.3, -0.25) is 0 Å². The SMILES string of the molecule is C=COCCC1COC1. The predicted octanol–water partition coefficient (Wildman–Crippen LogP) is 1.18. The highest BCUT2D eigenvalue weighted by Gasteiger charge is 2.17. The smallest absolute Gasteiger partial charge is 0.0877 e. The van der Waals surface area contributed by atoms with Crippen molar-refractivity contribution in [3.8, 4) is 0 Å². The van der Waals surface area contributed by atoms with E-state index in [0.717, 1.165) is 32.2 Å². The highest BCUT2D eigenvalue weighted by atomic mass is 16.5. The molecule has 0 saturated carbocycles. The van der Waals surface area contributed by atoms with E-state index in [2.05, 4.69) is 6.58 Å². The maximum Gasteiger partial charge on any atom is 0.0877 e. The van der Waals surface area contributed by atoms with Gasteiger partial charge in [-0.05, 0) is 6.42 Å². The molecule has 2 heteroatoms. The van der Waals surface area contributed by atoms with Crippen LogP contribution in [0.15, 0.2) is 12.8 Å². The fraction of sp³-hybridized carbons (Fsp3) is 0.714. The first kappa shape index (κ1) is 6.62. The third kappa shape index (κ3) is 2.06. The molecule has 1 heterocycles. The van der Waals surface area contributed by atoms with Crippen LogP contribution < -0.4 is 0 Å². The van der Waals surface area contributed by atoms with E-state index in [0.29, 0.717) is 0 Å². The second kappa shape index (κ2) is 3.51. The van der Waals surface area contributed by atoms with Gasteiger partial charge in [0.1, 0.15) is 0 Å². The molecule has 0 bridgehead atoms. The first-order chi connectivity index (χ1) is 4.43. The van der Waals surface area contributed by atoms with Gasteiger partial charge in [-0.15, -0.1) is 0 Å². The molecule has 0 aromatic rings. The summed E-state index contributed by atoms with van der Waals surface area (Å²) in [5, 5.41) is 0. The number of hydrogen-bond acceptors (Lipinski definition) is 2. The van der Waals surface area contributed by atoms with Crippen molar-refractivity contribution in [3.63, 3.8) is 0 Å². The Hall–Kier alpha value is -0.500. The van der Waals surface area contributed by atoms with Crippen LogP contribution in [0.2, 0.25) is 0 Å². The molecule has 9 heavy (non-hydrogen) atoms. The van der Waals surface area contributed by atoms with Crippen LogP contribution in [0.1, 0.15) is 6.42 Å². The van der Waals surface area contributed by atoms with E-state index in [1.54, 1.807) is 0 Å². The molecular formula is C7H12O2. The number of rotatable bonds is 4. The molecule has 0 unspecified atom stereocenters. The molecule has 1 fully saturated rings. The zero-order valence-corrected chi connectivity index (χ0v) is 5.51. The predicted molar refractivity (Wildman–Crippen MR) is 35.1 cm³/mol. The van der Waals surface area contributed by atoms with Crippen LogP contribution in [0.5, 0.6) is 0 Å². The van der Waals surface area contributed by atoms with Crippen LogP contribution in [0, 0.1) is 5.92 Å². The molecule has 1 aliphatic rings. The summed E-state index contributed by atoms with van der Waals surface area (Å²) in [5.74, 6) is 0.741. The van der Waals surface area contributed by atoms with Crippen molar-refractivity contribution in [2.45, 2.75) is 6.42 Å². The monoisotopic (exact) mass is 128 g/mol. The summed E-state index contributed by atoms with van der Waals surface area (Å²) in [6.07, 6.45) is 2.59. The number of ether oxygens (including phenoxy) is 2. The van der Waals surface area contributed by atoms with Gasteiger partial charge in [0, 0.05) is 5.92 Å². The first-order valence-electron chi connectivity index (χ1n) is 3.23. The summed E-state index contributed by atoms with van der Waals surface area (Å²) in [5.41, 5.74) is 0. The van der Waals surface area contributed by atoms with E-state index in [4.69, 9.17) is 9.47 Å². The summed E-state index contributed by atoms with van der Waals surface area (Å²) < 4.78 is 9.93. The molecule has 1 saturated heterocycles. The number of hydrogen-bond donors (Lipinski definition) is 0. The van der Waals surface area contributed by atoms with Gasteiger partial charge in [-0.2, -0.15) is 0 Å². The topological polar surface area (TPSA) is 18.5 Å². The van der Waals surface area contributed by atoms with Crippen molar-refractivity contribution in [1.82, 2.24) is 0 Å². The summed E-state index contributed by atoms with van der Waals surface area (Å²) in [4.78, 5) is 0. The third-order valence-corrected chi connectivity index (χ3v) is 1.47. The van der Waals surface area contributed by atoms with Crippen LogP contribution in [-0.2, 0) is 9.47 Å². The molecule has 2 nitrogen and oxygen atoms in total. The molecule has 1 rings (SSSR count). The molecule has 0 amide bonds. The standard InChI is InChI=1S/C7H12O2/c1-2-8-4-3-7-5-9-6-7/h2,7H,1,3-6H2. The fourth-order valence-electron chi connectivity index (χ4n) is 0.769. The normalized spacial score (nSPS) is 18.7. The van der Waals surface area contributed by atoms with Crippen molar-refractivity contribution >= 4 is 0 Å². The van der Waals surface area contributed by atoms with Gasteiger partial charge in [0.2, 0.25) is 0 Å². The van der Waals surface area contributed by atoms with Crippen LogP contribution in [-0.4, -0.2) is 19.8 Å². The van der Waals surface area contributed by atoms with Crippen LogP contribution in [0.25, 0.3) is 0 Å². The Labute approximate surface area is 55.5 Å². The minimum atomic E-state index is 0.741. The van der Waals surface area contributed by atoms with E-state index in [9.17, 15) is 0 Å². The molecule has 1 aliphatic heterocycles. The molecule has 0 aromatic heterocycles. The van der Waals surface area contributed by atoms with Gasteiger partial charge in [0.15, 0.2) is 0 Å². The quantitative estimate of drug-likeness (QED) is 0.418. The zero-order valence-electron chi connectivity index (χ0n) is 5.51.